The Morgan fingerprint density at radius 1 is 1.26 bits per heavy atom. The van der Waals surface area contributed by atoms with Gasteiger partial charge in [0.15, 0.2) is 0 Å². The zero-order valence-electron chi connectivity index (χ0n) is 10.1. The Morgan fingerprint density at radius 3 is 2.89 bits per heavy atom. The Morgan fingerprint density at radius 2 is 2.16 bits per heavy atom. The summed E-state index contributed by atoms with van der Waals surface area (Å²) in [6, 6.07) is 8.71. The van der Waals surface area contributed by atoms with E-state index in [4.69, 9.17) is 5.73 Å². The summed E-state index contributed by atoms with van der Waals surface area (Å²) in [6.45, 7) is 0.381. The SMILES string of the molecule is Nc1cccc(F)c1Cn1ccnc1-c1cccs1. The van der Waals surface area contributed by atoms with Crippen LogP contribution in [0.5, 0.6) is 0 Å². The van der Waals surface area contributed by atoms with Gasteiger partial charge in [0.05, 0.1) is 11.4 Å². The van der Waals surface area contributed by atoms with E-state index in [1.54, 1.807) is 29.7 Å². The van der Waals surface area contributed by atoms with Crippen molar-refractivity contribution in [1.82, 2.24) is 9.55 Å². The van der Waals surface area contributed by atoms with Crippen LogP contribution in [-0.2, 0) is 6.54 Å². The normalized spacial score (nSPS) is 10.8. The number of halogens is 1. The van der Waals surface area contributed by atoms with Crippen molar-refractivity contribution in [3.05, 3.63) is 59.5 Å². The molecule has 0 radical (unpaired) electrons. The van der Waals surface area contributed by atoms with Gasteiger partial charge in [-0.05, 0) is 23.6 Å². The molecule has 0 atom stereocenters. The molecule has 0 fully saturated rings. The fourth-order valence-electron chi connectivity index (χ4n) is 1.98. The van der Waals surface area contributed by atoms with Crippen LogP contribution >= 0.6 is 11.3 Å². The molecular weight excluding hydrogens is 261 g/mol. The molecule has 0 saturated carbocycles. The highest BCUT2D eigenvalue weighted by Crippen LogP contribution is 2.25. The maximum Gasteiger partial charge on any atom is 0.150 e. The summed E-state index contributed by atoms with van der Waals surface area (Å²) in [5.41, 5.74) is 6.80. The zero-order chi connectivity index (χ0) is 13.2. The molecular formula is C14H12FN3S. The molecule has 3 nitrogen and oxygen atoms in total. The smallest absolute Gasteiger partial charge is 0.150 e. The molecule has 2 N–H and O–H groups in total. The molecule has 0 saturated heterocycles. The summed E-state index contributed by atoms with van der Waals surface area (Å²) in [7, 11) is 0. The van der Waals surface area contributed by atoms with Gasteiger partial charge < -0.3 is 10.3 Å². The van der Waals surface area contributed by atoms with Crippen molar-refractivity contribution < 1.29 is 4.39 Å². The third-order valence-electron chi connectivity index (χ3n) is 2.94. The first-order chi connectivity index (χ1) is 9.25. The van der Waals surface area contributed by atoms with Crippen molar-refractivity contribution in [2.45, 2.75) is 6.54 Å². The molecule has 0 amide bonds. The van der Waals surface area contributed by atoms with Crippen molar-refractivity contribution in [3.63, 3.8) is 0 Å². The quantitative estimate of drug-likeness (QED) is 0.743. The fourth-order valence-corrected chi connectivity index (χ4v) is 2.72. The molecule has 19 heavy (non-hydrogen) atoms. The lowest BCUT2D eigenvalue weighted by molar-refractivity contribution is 0.601. The van der Waals surface area contributed by atoms with Gasteiger partial charge in [-0.2, -0.15) is 0 Å². The van der Waals surface area contributed by atoms with Gasteiger partial charge in [0.1, 0.15) is 11.6 Å². The highest BCUT2D eigenvalue weighted by Gasteiger charge is 2.11. The van der Waals surface area contributed by atoms with Crippen LogP contribution in [0.25, 0.3) is 10.7 Å². The van der Waals surface area contributed by atoms with Crippen molar-refractivity contribution in [1.29, 1.82) is 0 Å². The zero-order valence-corrected chi connectivity index (χ0v) is 10.9. The number of nitrogens with two attached hydrogens (primary N) is 1. The van der Waals surface area contributed by atoms with Crippen LogP contribution in [0.1, 0.15) is 5.56 Å². The third kappa shape index (κ3) is 2.24. The number of rotatable bonds is 3. The molecule has 0 aliphatic rings. The Bertz CT molecular complexity index is 668. The molecule has 2 aromatic heterocycles. The van der Waals surface area contributed by atoms with Gasteiger partial charge in [0.25, 0.3) is 0 Å². The molecule has 0 spiro atoms. The van der Waals surface area contributed by atoms with E-state index in [0.717, 1.165) is 10.7 Å². The fraction of sp³-hybridized carbons (Fsp3) is 0.0714. The molecule has 0 aliphatic carbocycles. The molecule has 1 aromatic carbocycles. The van der Waals surface area contributed by atoms with Gasteiger partial charge in [-0.15, -0.1) is 11.3 Å². The largest absolute Gasteiger partial charge is 0.398 e. The van der Waals surface area contributed by atoms with E-state index in [-0.39, 0.29) is 5.82 Å². The van der Waals surface area contributed by atoms with Crippen LogP contribution in [0.15, 0.2) is 48.1 Å². The Kier molecular flexibility index (Phi) is 3.05. The predicted octanol–water partition coefficient (Wildman–Crippen LogP) is 3.38. The van der Waals surface area contributed by atoms with Gasteiger partial charge in [0, 0.05) is 23.6 Å². The maximum atomic E-state index is 13.8. The van der Waals surface area contributed by atoms with Crippen LogP contribution in [0.3, 0.4) is 0 Å². The number of nitrogen functional groups attached to an aromatic ring is 1. The van der Waals surface area contributed by atoms with E-state index in [1.807, 2.05) is 28.3 Å². The molecule has 0 unspecified atom stereocenters. The first kappa shape index (κ1) is 11.9. The van der Waals surface area contributed by atoms with Crippen molar-refractivity contribution in [3.8, 4) is 10.7 Å². The average molecular weight is 273 g/mol. The summed E-state index contributed by atoms with van der Waals surface area (Å²) in [5.74, 6) is 0.545. The highest BCUT2D eigenvalue weighted by atomic mass is 32.1. The predicted molar refractivity (Wildman–Crippen MR) is 75.5 cm³/mol. The second-order valence-corrected chi connectivity index (χ2v) is 5.11. The Hall–Kier alpha value is -2.14. The van der Waals surface area contributed by atoms with E-state index >= 15 is 0 Å². The molecule has 0 bridgehead atoms. The number of benzene rings is 1. The van der Waals surface area contributed by atoms with E-state index in [2.05, 4.69) is 4.98 Å². The number of hydrogen-bond donors (Lipinski definition) is 1. The summed E-state index contributed by atoms with van der Waals surface area (Å²) < 4.78 is 15.7. The minimum atomic E-state index is -0.286. The van der Waals surface area contributed by atoms with Gasteiger partial charge in [-0.3, -0.25) is 0 Å². The average Bonchev–Trinajstić information content (AvgIpc) is 3.04. The lowest BCUT2D eigenvalue weighted by atomic mass is 10.1. The number of thiophene rings is 1. The number of imidazole rings is 1. The van der Waals surface area contributed by atoms with Crippen LogP contribution < -0.4 is 5.73 Å². The van der Waals surface area contributed by atoms with Gasteiger partial charge in [0.2, 0.25) is 0 Å². The summed E-state index contributed by atoms with van der Waals surface area (Å²) in [4.78, 5) is 5.38. The number of aromatic nitrogens is 2. The van der Waals surface area contributed by atoms with Crippen LogP contribution in [0, 0.1) is 5.82 Å². The highest BCUT2D eigenvalue weighted by molar-refractivity contribution is 7.13. The first-order valence-electron chi connectivity index (χ1n) is 5.83. The topological polar surface area (TPSA) is 43.8 Å². The second-order valence-electron chi connectivity index (χ2n) is 4.16. The number of nitrogens with zero attached hydrogens (tertiary/aromatic N) is 2. The molecule has 96 valence electrons. The monoisotopic (exact) mass is 273 g/mol. The molecule has 0 aliphatic heterocycles. The van der Waals surface area contributed by atoms with Gasteiger partial charge in [-0.1, -0.05) is 12.1 Å². The van der Waals surface area contributed by atoms with E-state index in [1.165, 1.54) is 6.07 Å². The van der Waals surface area contributed by atoms with E-state index in [0.29, 0.717) is 17.8 Å². The Balaban J connectivity index is 1.99. The summed E-state index contributed by atoms with van der Waals surface area (Å²) in [6.07, 6.45) is 3.55. The minimum absolute atomic E-state index is 0.286. The van der Waals surface area contributed by atoms with Gasteiger partial charge >= 0.3 is 0 Å². The number of hydrogen-bond acceptors (Lipinski definition) is 3. The summed E-state index contributed by atoms with van der Waals surface area (Å²) >= 11 is 1.61. The number of anilines is 1. The van der Waals surface area contributed by atoms with Crippen molar-refractivity contribution in [2.75, 3.05) is 5.73 Å². The third-order valence-corrected chi connectivity index (χ3v) is 3.81. The lowest BCUT2D eigenvalue weighted by Gasteiger charge is -2.10. The van der Waals surface area contributed by atoms with Crippen LogP contribution in [0.2, 0.25) is 0 Å². The molecule has 3 aromatic rings. The lowest BCUT2D eigenvalue weighted by Crippen LogP contribution is -2.05. The van der Waals surface area contributed by atoms with Crippen molar-refractivity contribution in [2.24, 2.45) is 0 Å². The minimum Gasteiger partial charge on any atom is -0.398 e. The summed E-state index contributed by atoms with van der Waals surface area (Å²) in [5, 5.41) is 1.99. The molecule has 2 heterocycles. The molecule has 5 heteroatoms. The van der Waals surface area contributed by atoms with E-state index in [9.17, 15) is 4.39 Å². The van der Waals surface area contributed by atoms with Crippen LogP contribution in [-0.4, -0.2) is 9.55 Å². The van der Waals surface area contributed by atoms with E-state index < -0.39 is 0 Å². The second kappa shape index (κ2) is 4.85. The standard InChI is InChI=1S/C14H12FN3S/c15-11-3-1-4-12(16)10(11)9-18-7-6-17-14(18)13-5-2-8-19-13/h1-8H,9,16H2. The van der Waals surface area contributed by atoms with Gasteiger partial charge in [-0.25, -0.2) is 9.37 Å². The maximum absolute atomic E-state index is 13.8. The Labute approximate surface area is 114 Å². The van der Waals surface area contributed by atoms with Crippen LogP contribution in [0.4, 0.5) is 10.1 Å². The molecule has 3 rings (SSSR count). The van der Waals surface area contributed by atoms with Crippen molar-refractivity contribution >= 4 is 17.0 Å². The first-order valence-corrected chi connectivity index (χ1v) is 6.71.